The molecule has 8 aromatic heterocycles. The fraction of sp³-hybridized carbons (Fsp3) is 0.385. The maximum absolute atomic E-state index is 13.8. The van der Waals surface area contributed by atoms with Crippen molar-refractivity contribution in [3.8, 4) is 24.7 Å². The van der Waals surface area contributed by atoms with Crippen LogP contribution in [0.15, 0.2) is 195 Å². The van der Waals surface area contributed by atoms with Crippen LogP contribution in [0.4, 0.5) is 17.6 Å². The molecular weight excluding hydrogens is 1640 g/mol. The summed E-state index contributed by atoms with van der Waals surface area (Å²) in [7, 11) is 0. The van der Waals surface area contributed by atoms with Gasteiger partial charge in [-0.25, -0.2) is 27.5 Å². The number of rotatable bonds is 20. The smallest absolute Gasteiger partial charge is 0.141 e. The summed E-state index contributed by atoms with van der Waals surface area (Å²) >= 11 is 11.6. The lowest BCUT2D eigenvalue weighted by atomic mass is 9.86. The highest BCUT2D eigenvalue weighted by Crippen LogP contribution is 2.60. The molecule has 0 saturated heterocycles. The summed E-state index contributed by atoms with van der Waals surface area (Å²) in [5, 5.41) is 49.1. The first-order valence-corrected chi connectivity index (χ1v) is 44.5. The molecule has 4 aromatic carbocycles. The molecule has 8 heterocycles. The van der Waals surface area contributed by atoms with Crippen molar-refractivity contribution in [3.63, 3.8) is 0 Å². The number of aromatic nitrogens is 8. The molecule has 0 radical (unpaired) electrons. The molecule has 0 bridgehead atoms. The van der Waals surface area contributed by atoms with E-state index in [0.717, 1.165) is 128 Å². The molecule has 8 saturated carbocycles. The number of pyridine rings is 8. The first-order chi connectivity index (χ1) is 60.6. The molecule has 12 aromatic rings. The Morgan fingerprint density at radius 1 is 0.341 bits per heavy atom. The van der Waals surface area contributed by atoms with E-state index in [1.807, 2.05) is 30.3 Å². The Hall–Kier alpha value is -10.9. The van der Waals surface area contributed by atoms with Gasteiger partial charge in [-0.05, 0) is 341 Å². The molecule has 8 aliphatic carbocycles. The average molecular weight is 1730 g/mol. The Morgan fingerprint density at radius 2 is 0.651 bits per heavy atom. The monoisotopic (exact) mass is 1730 g/mol. The highest BCUT2D eigenvalue weighted by Gasteiger charge is 2.54. The van der Waals surface area contributed by atoms with E-state index < -0.39 is 22.4 Å². The number of aliphatic hydroxyl groups is 4. The minimum Gasteiger partial charge on any atom is -0.389 e. The van der Waals surface area contributed by atoms with Crippen molar-refractivity contribution >= 4 is 89.9 Å². The standard InChI is InChI=1S/2C27H25FN2O2.2C25H24ClFN2O2/c1-2-22-5-3-17(16-30-22)9-23(31)15-27(32)13-19-10-18(11-20(19)14-27)24-7-8-29-26-6-4-21(28)12-25(24)26;1-2-17-3-5-22(30-16-17)12-23(31)15-27(32)13-19-9-18(10-20(19)14-27)24-7-8-29-26-6-4-21(28)11-25(24)26;26-24-4-1-15(14-29-24)7-20(30)13-25(31)11-17-8-16(9-18(17)12-25)21-5-6-28-23-3-2-19(27)10-22(21)23;26-18-1-3-20(29-14-18)10-21(30)13-25(31)11-16-7-15(8-17(16)12-25)22-5-6-28-24-4-2-19(27)9-23(22)24/h1,3-8,12,16,18-20,32H,9-11,13-15H2;1,3-8,11,16,18-20,32H,9-10,12-15H2;1-6,10,14,16-18,31H,7-9,11-13H2;1-6,9,14-17,31H,7-8,10-13H2/t2*18?,19-,20+,27?;16?,17-,18+,25?;15?,16-,17+,25?. The number of hydrogen-bond donors (Lipinski definition) is 4. The molecule has 22 heteroatoms. The second-order valence-electron chi connectivity index (χ2n) is 37.4. The summed E-state index contributed by atoms with van der Waals surface area (Å²) in [4.78, 5) is 84.5. The quantitative estimate of drug-likeness (QED) is 0.0314. The van der Waals surface area contributed by atoms with E-state index in [2.05, 4.69) is 51.7 Å². The third kappa shape index (κ3) is 20.2. The second-order valence-corrected chi connectivity index (χ2v) is 38.3. The van der Waals surface area contributed by atoms with Gasteiger partial charge in [0.25, 0.3) is 0 Å². The Kier molecular flexibility index (Phi) is 25.4. The molecule has 8 unspecified atom stereocenters. The molecule has 20 rings (SSSR count). The van der Waals surface area contributed by atoms with E-state index in [9.17, 15) is 57.2 Å². The third-order valence-corrected chi connectivity index (χ3v) is 28.9. The van der Waals surface area contributed by atoms with Crippen LogP contribution in [0.1, 0.15) is 208 Å². The van der Waals surface area contributed by atoms with Crippen LogP contribution in [0, 0.1) is 95.3 Å². The number of carbonyl (C=O) groups is 4. The van der Waals surface area contributed by atoms with E-state index in [4.69, 9.17) is 36.0 Å². The molecule has 644 valence electrons. The number of carbonyl (C=O) groups excluding carboxylic acids is 4. The van der Waals surface area contributed by atoms with E-state index in [-0.39, 0.29) is 97.8 Å². The highest BCUT2D eigenvalue weighted by molar-refractivity contribution is 6.30. The summed E-state index contributed by atoms with van der Waals surface area (Å²) in [6, 6.07) is 41.0. The Balaban J connectivity index is 0.000000119. The first kappa shape index (κ1) is 87.1. The zero-order valence-electron chi connectivity index (χ0n) is 69.8. The minimum atomic E-state index is -0.942. The van der Waals surface area contributed by atoms with Gasteiger partial charge in [0.1, 0.15) is 57.2 Å². The zero-order valence-corrected chi connectivity index (χ0v) is 71.3. The molecule has 16 atom stereocenters. The topological polar surface area (TPSA) is 252 Å². The van der Waals surface area contributed by atoms with E-state index in [1.165, 1.54) is 30.5 Å². The van der Waals surface area contributed by atoms with Crippen LogP contribution >= 0.6 is 23.2 Å². The number of halogens is 6. The molecule has 126 heavy (non-hydrogen) atoms. The average Bonchev–Trinajstić information content (AvgIpc) is 1.61. The number of benzene rings is 4. The third-order valence-electron chi connectivity index (χ3n) is 28.4. The van der Waals surface area contributed by atoms with Crippen molar-refractivity contribution in [2.24, 2.45) is 47.3 Å². The summed E-state index contributed by atoms with van der Waals surface area (Å²) in [6.07, 6.45) is 38.6. The van der Waals surface area contributed by atoms with Crippen LogP contribution < -0.4 is 0 Å². The molecule has 0 aliphatic heterocycles. The first-order valence-electron chi connectivity index (χ1n) is 43.8. The lowest BCUT2D eigenvalue weighted by molar-refractivity contribution is -0.124. The SMILES string of the molecule is C#Cc1ccc(CC(=O)CC2(O)C[C@H]3CC(c4ccnc5ccc(F)cc45)C[C@H]3C2)cn1.C#Cc1ccc(CC(=O)CC2(O)C[C@H]3CC(c4ccnc5ccc(F)cc45)C[C@H]3C2)nc1.O=C(Cc1ccc(Cl)cn1)CC1(O)C[C@H]2CC(c3ccnc4ccc(F)cc34)C[C@H]2C1.O=C(Cc1ccc(Cl)nc1)CC1(O)C[C@H]2CC(c3ccnc4ccc(F)cc34)C[C@H]2C1. The van der Waals surface area contributed by atoms with Gasteiger partial charge >= 0.3 is 0 Å². The summed E-state index contributed by atoms with van der Waals surface area (Å²) in [6.45, 7) is 0. The van der Waals surface area contributed by atoms with Crippen LogP contribution in [-0.2, 0) is 44.9 Å². The number of ketones is 4. The normalized spacial score (nSPS) is 27.1. The van der Waals surface area contributed by atoms with E-state index in [1.54, 1.807) is 134 Å². The Labute approximate surface area is 739 Å². The summed E-state index contributed by atoms with van der Waals surface area (Å²) < 4.78 is 55.4. The van der Waals surface area contributed by atoms with Crippen LogP contribution in [0.5, 0.6) is 0 Å². The number of hydrogen-bond acceptors (Lipinski definition) is 16. The fourth-order valence-corrected chi connectivity index (χ4v) is 23.7. The van der Waals surface area contributed by atoms with Crippen molar-refractivity contribution in [3.05, 3.63) is 285 Å². The van der Waals surface area contributed by atoms with E-state index in [0.29, 0.717) is 155 Å². The highest BCUT2D eigenvalue weighted by atomic mass is 35.5. The van der Waals surface area contributed by atoms with Gasteiger partial charge < -0.3 is 20.4 Å². The van der Waals surface area contributed by atoms with Gasteiger partial charge in [-0.1, -0.05) is 47.2 Å². The van der Waals surface area contributed by atoms with Gasteiger partial charge in [-0.3, -0.25) is 49.1 Å². The van der Waals surface area contributed by atoms with Crippen LogP contribution in [0.25, 0.3) is 43.6 Å². The van der Waals surface area contributed by atoms with Crippen molar-refractivity contribution < 1.29 is 57.2 Å². The lowest BCUT2D eigenvalue weighted by Crippen LogP contribution is -2.30. The van der Waals surface area contributed by atoms with Crippen LogP contribution in [-0.4, -0.2) is 106 Å². The van der Waals surface area contributed by atoms with Gasteiger partial charge in [-0.2, -0.15) is 0 Å². The Bertz CT molecular complexity index is 5760. The molecular formula is C104H98Cl2F4N8O8. The van der Waals surface area contributed by atoms with Crippen LogP contribution in [0.3, 0.4) is 0 Å². The second kappa shape index (κ2) is 36.8. The predicted octanol–water partition coefficient (Wildman–Crippen LogP) is 19.7. The minimum absolute atomic E-state index is 0.000541. The van der Waals surface area contributed by atoms with Crippen molar-refractivity contribution in [2.75, 3.05) is 0 Å². The predicted molar refractivity (Wildman–Crippen MR) is 476 cm³/mol. The number of Topliss-reactive ketones (excluding diaryl/α,β-unsaturated/α-hetero) is 4. The molecule has 0 amide bonds. The van der Waals surface area contributed by atoms with Crippen LogP contribution in [0.2, 0.25) is 10.2 Å². The maximum atomic E-state index is 13.8. The van der Waals surface area contributed by atoms with Crippen molar-refractivity contribution in [1.82, 2.24) is 39.9 Å². The molecule has 4 N–H and O–H groups in total. The molecule has 8 aliphatic rings. The molecule has 16 nitrogen and oxygen atoms in total. The fourth-order valence-electron chi connectivity index (χ4n) is 23.5. The summed E-state index contributed by atoms with van der Waals surface area (Å²) in [5.74, 6) is 8.43. The van der Waals surface area contributed by atoms with Gasteiger partial charge in [0.2, 0.25) is 0 Å². The maximum Gasteiger partial charge on any atom is 0.141 e. The van der Waals surface area contributed by atoms with Gasteiger partial charge in [-0.15, -0.1) is 12.8 Å². The van der Waals surface area contributed by atoms with Gasteiger partial charge in [0.15, 0.2) is 0 Å². The number of fused-ring (bicyclic) bond motifs is 8. The van der Waals surface area contributed by atoms with Crippen molar-refractivity contribution in [1.29, 1.82) is 0 Å². The molecule has 0 spiro atoms. The van der Waals surface area contributed by atoms with Gasteiger partial charge in [0, 0.05) is 139 Å². The zero-order chi connectivity index (χ0) is 87.8. The summed E-state index contributed by atoms with van der Waals surface area (Å²) in [5.41, 5.74) is 8.30. The lowest BCUT2D eigenvalue weighted by Gasteiger charge is -2.24. The van der Waals surface area contributed by atoms with E-state index >= 15 is 0 Å². The van der Waals surface area contributed by atoms with Gasteiger partial charge in [0.05, 0.1) is 49.5 Å². The number of terminal acetylenes is 2. The largest absolute Gasteiger partial charge is 0.389 e. The van der Waals surface area contributed by atoms with Crippen molar-refractivity contribution in [2.45, 2.75) is 200 Å². The number of nitrogens with zero attached hydrogens (tertiary/aromatic N) is 8. The Morgan fingerprint density at radius 3 is 0.921 bits per heavy atom. The molecule has 8 fully saturated rings.